The Hall–Kier alpha value is -1.55. The molecule has 0 saturated carbocycles. The molecule has 0 spiro atoms. The Balaban J connectivity index is 1.58. The van der Waals surface area contributed by atoms with Crippen molar-refractivity contribution in [3.63, 3.8) is 0 Å². The van der Waals surface area contributed by atoms with Crippen molar-refractivity contribution >= 4 is 11.6 Å². The number of benzene rings is 1. The number of rotatable bonds is 4. The van der Waals surface area contributed by atoms with E-state index in [1.165, 1.54) is 17.7 Å². The molecule has 2 aliphatic heterocycles. The third-order valence-electron chi connectivity index (χ3n) is 5.46. The van der Waals surface area contributed by atoms with Crippen LogP contribution < -0.4 is 5.32 Å². The Labute approximate surface area is 139 Å². The molecule has 3 atom stereocenters. The summed E-state index contributed by atoms with van der Waals surface area (Å²) < 4.78 is 0. The highest BCUT2D eigenvalue weighted by Gasteiger charge is 2.28. The van der Waals surface area contributed by atoms with Crippen molar-refractivity contribution in [3.05, 3.63) is 29.8 Å². The number of hydrogen-bond donors (Lipinski definition) is 1. The van der Waals surface area contributed by atoms with Gasteiger partial charge < -0.3 is 15.1 Å². The van der Waals surface area contributed by atoms with Gasteiger partial charge in [0.05, 0.1) is 0 Å². The lowest BCUT2D eigenvalue weighted by Crippen LogP contribution is -2.48. The minimum absolute atomic E-state index is 0.293. The first kappa shape index (κ1) is 16.3. The maximum absolute atomic E-state index is 11.7. The minimum atomic E-state index is 0.293. The van der Waals surface area contributed by atoms with E-state index in [1.807, 2.05) is 4.90 Å². The first-order chi connectivity index (χ1) is 11.0. The van der Waals surface area contributed by atoms with Crippen LogP contribution in [0.1, 0.15) is 38.7 Å². The van der Waals surface area contributed by atoms with Gasteiger partial charge in [-0.2, -0.15) is 0 Å². The van der Waals surface area contributed by atoms with Crippen LogP contribution in [0.5, 0.6) is 0 Å². The molecule has 0 aliphatic carbocycles. The molecule has 0 aromatic heterocycles. The Morgan fingerprint density at radius 1 is 1.22 bits per heavy atom. The highest BCUT2D eigenvalue weighted by Crippen LogP contribution is 2.24. The van der Waals surface area contributed by atoms with Crippen molar-refractivity contribution in [2.24, 2.45) is 5.92 Å². The molecule has 3 rings (SSSR count). The molecule has 0 bridgehead atoms. The second kappa shape index (κ2) is 6.91. The minimum Gasteiger partial charge on any atom is -0.382 e. The number of nitrogens with one attached hydrogen (secondary N) is 1. The molecule has 1 aromatic carbocycles. The molecule has 2 saturated heterocycles. The van der Waals surface area contributed by atoms with Gasteiger partial charge in [0.2, 0.25) is 5.91 Å². The quantitative estimate of drug-likeness (QED) is 0.928. The molecule has 126 valence electrons. The summed E-state index contributed by atoms with van der Waals surface area (Å²) in [5, 5.41) is 3.70. The zero-order valence-corrected chi connectivity index (χ0v) is 14.6. The molecule has 2 fully saturated rings. The van der Waals surface area contributed by atoms with Crippen LogP contribution in [0.4, 0.5) is 5.69 Å². The molecule has 4 nitrogen and oxygen atoms in total. The molecular formula is C19H29N3O. The lowest BCUT2D eigenvalue weighted by Gasteiger charge is -2.40. The molecule has 1 amide bonds. The average Bonchev–Trinajstić information content (AvgIpc) is 2.92. The van der Waals surface area contributed by atoms with E-state index in [0.717, 1.165) is 26.1 Å². The third kappa shape index (κ3) is 3.86. The van der Waals surface area contributed by atoms with Gasteiger partial charge in [-0.1, -0.05) is 19.1 Å². The van der Waals surface area contributed by atoms with Crippen LogP contribution in [-0.4, -0.2) is 47.9 Å². The summed E-state index contributed by atoms with van der Waals surface area (Å²) in [7, 11) is 2.21. The number of hydrogen-bond acceptors (Lipinski definition) is 3. The van der Waals surface area contributed by atoms with Gasteiger partial charge in [0.1, 0.15) is 0 Å². The van der Waals surface area contributed by atoms with Crippen molar-refractivity contribution < 1.29 is 4.79 Å². The molecule has 1 N–H and O–H groups in total. The summed E-state index contributed by atoms with van der Waals surface area (Å²) in [6.45, 7) is 7.43. The van der Waals surface area contributed by atoms with E-state index in [4.69, 9.17) is 0 Å². The summed E-state index contributed by atoms with van der Waals surface area (Å²) in [5.74, 6) is 0.944. The van der Waals surface area contributed by atoms with Crippen LogP contribution in [0.25, 0.3) is 0 Å². The normalized spacial score (nSPS) is 29.1. The summed E-state index contributed by atoms with van der Waals surface area (Å²) in [6, 6.07) is 9.78. The first-order valence-electron chi connectivity index (χ1n) is 8.86. The molecule has 4 heteroatoms. The Morgan fingerprint density at radius 2 is 1.96 bits per heavy atom. The van der Waals surface area contributed by atoms with Crippen molar-refractivity contribution in [3.8, 4) is 0 Å². The highest BCUT2D eigenvalue weighted by atomic mass is 16.2. The van der Waals surface area contributed by atoms with Crippen LogP contribution in [0.2, 0.25) is 0 Å². The standard InChI is InChI=1S/C19H29N3O/c1-14-12-21(3)15(2)11-18(14)20-17-8-6-16(7-9-17)13-22-10-4-5-19(22)23/h6-9,14-15,18,20H,4-5,10-13H2,1-3H3. The molecule has 2 aliphatic rings. The van der Waals surface area contributed by atoms with Gasteiger partial charge >= 0.3 is 0 Å². The average molecular weight is 315 g/mol. The summed E-state index contributed by atoms with van der Waals surface area (Å²) in [5.41, 5.74) is 2.41. The maximum atomic E-state index is 11.7. The molecular weight excluding hydrogens is 286 g/mol. The number of likely N-dealkylation sites (tertiary alicyclic amines) is 2. The predicted molar refractivity (Wildman–Crippen MR) is 94.4 cm³/mol. The van der Waals surface area contributed by atoms with Gasteiger partial charge in [-0.3, -0.25) is 4.79 Å². The number of piperidine rings is 1. The van der Waals surface area contributed by atoms with Crippen LogP contribution >= 0.6 is 0 Å². The number of nitrogens with zero attached hydrogens (tertiary/aromatic N) is 2. The van der Waals surface area contributed by atoms with Crippen LogP contribution in [-0.2, 0) is 11.3 Å². The van der Waals surface area contributed by atoms with E-state index in [2.05, 4.69) is 55.4 Å². The molecule has 0 radical (unpaired) electrons. The smallest absolute Gasteiger partial charge is 0.222 e. The maximum Gasteiger partial charge on any atom is 0.222 e. The van der Waals surface area contributed by atoms with E-state index in [1.54, 1.807) is 0 Å². The zero-order valence-electron chi connectivity index (χ0n) is 14.6. The second-order valence-corrected chi connectivity index (χ2v) is 7.37. The SMILES string of the molecule is CC1CN(C)C(C)CC1Nc1ccc(CN2CCCC2=O)cc1. The fourth-order valence-corrected chi connectivity index (χ4v) is 3.75. The van der Waals surface area contributed by atoms with Crippen molar-refractivity contribution in [2.75, 3.05) is 25.5 Å². The Kier molecular flexibility index (Phi) is 4.90. The topological polar surface area (TPSA) is 35.6 Å². The highest BCUT2D eigenvalue weighted by molar-refractivity contribution is 5.78. The fourth-order valence-electron chi connectivity index (χ4n) is 3.75. The summed E-state index contributed by atoms with van der Waals surface area (Å²) >= 11 is 0. The predicted octanol–water partition coefficient (Wildman–Crippen LogP) is 2.95. The van der Waals surface area contributed by atoms with E-state index in [-0.39, 0.29) is 0 Å². The Bertz CT molecular complexity index is 542. The van der Waals surface area contributed by atoms with E-state index < -0.39 is 0 Å². The number of carbonyl (C=O) groups excluding carboxylic acids is 1. The van der Waals surface area contributed by atoms with Gasteiger partial charge in [-0.25, -0.2) is 0 Å². The lowest BCUT2D eigenvalue weighted by molar-refractivity contribution is -0.128. The van der Waals surface area contributed by atoms with Gasteiger partial charge in [0.25, 0.3) is 0 Å². The number of carbonyl (C=O) groups is 1. The second-order valence-electron chi connectivity index (χ2n) is 7.37. The van der Waals surface area contributed by atoms with E-state index in [0.29, 0.717) is 30.3 Å². The van der Waals surface area contributed by atoms with Crippen molar-refractivity contribution in [1.82, 2.24) is 9.80 Å². The fraction of sp³-hybridized carbons (Fsp3) is 0.632. The molecule has 2 heterocycles. The molecule has 23 heavy (non-hydrogen) atoms. The van der Waals surface area contributed by atoms with Gasteiger partial charge in [-0.05, 0) is 50.4 Å². The van der Waals surface area contributed by atoms with Crippen molar-refractivity contribution in [1.29, 1.82) is 0 Å². The lowest BCUT2D eigenvalue weighted by atomic mass is 9.89. The summed E-state index contributed by atoms with van der Waals surface area (Å²) in [4.78, 5) is 16.1. The largest absolute Gasteiger partial charge is 0.382 e. The number of anilines is 1. The number of amides is 1. The Morgan fingerprint density at radius 3 is 2.61 bits per heavy atom. The van der Waals surface area contributed by atoms with Gasteiger partial charge in [0, 0.05) is 43.8 Å². The first-order valence-corrected chi connectivity index (χ1v) is 8.86. The van der Waals surface area contributed by atoms with Gasteiger partial charge in [-0.15, -0.1) is 0 Å². The van der Waals surface area contributed by atoms with Crippen LogP contribution in [0, 0.1) is 5.92 Å². The van der Waals surface area contributed by atoms with E-state index in [9.17, 15) is 4.79 Å². The monoisotopic (exact) mass is 315 g/mol. The van der Waals surface area contributed by atoms with Crippen LogP contribution in [0.15, 0.2) is 24.3 Å². The zero-order chi connectivity index (χ0) is 16.4. The van der Waals surface area contributed by atoms with Crippen molar-refractivity contribution in [2.45, 2.75) is 51.7 Å². The van der Waals surface area contributed by atoms with Crippen LogP contribution in [0.3, 0.4) is 0 Å². The van der Waals surface area contributed by atoms with Gasteiger partial charge in [0.15, 0.2) is 0 Å². The molecule has 3 unspecified atom stereocenters. The van der Waals surface area contributed by atoms with E-state index >= 15 is 0 Å². The third-order valence-corrected chi connectivity index (χ3v) is 5.46. The molecule has 1 aromatic rings. The summed E-state index contributed by atoms with van der Waals surface area (Å²) in [6.07, 6.45) is 2.90.